The summed E-state index contributed by atoms with van der Waals surface area (Å²) in [5.74, 6) is 0.451. The fourth-order valence-corrected chi connectivity index (χ4v) is 4.43. The van der Waals surface area contributed by atoms with Gasteiger partial charge in [0, 0.05) is 57.1 Å². The minimum Gasteiger partial charge on any atom is -0.370 e. The Morgan fingerprint density at radius 2 is 1.89 bits per heavy atom. The van der Waals surface area contributed by atoms with Crippen molar-refractivity contribution in [2.24, 2.45) is 10.9 Å². The number of likely N-dealkylation sites (tertiary alicyclic amines) is 1. The predicted octanol–water partition coefficient (Wildman–Crippen LogP) is 3.98. The molecule has 158 valence electrons. The molecule has 5 nitrogen and oxygen atoms in total. The molecule has 1 fully saturated rings. The first-order chi connectivity index (χ1) is 13.3. The van der Waals surface area contributed by atoms with Gasteiger partial charge in [-0.15, -0.1) is 0 Å². The smallest absolute Gasteiger partial charge is 0.0889 e. The number of aliphatic imine (C=N–C) groups is 1. The molecule has 0 aliphatic carbocycles. The lowest BCUT2D eigenvalue weighted by molar-refractivity contribution is 0.169. The lowest BCUT2D eigenvalue weighted by atomic mass is 9.97. The van der Waals surface area contributed by atoms with Crippen LogP contribution >= 0.6 is 0 Å². The summed E-state index contributed by atoms with van der Waals surface area (Å²) in [6.07, 6.45) is 7.73. The molecule has 0 radical (unpaired) electrons. The van der Waals surface area contributed by atoms with Gasteiger partial charge in [0.1, 0.15) is 0 Å². The number of piperidine rings is 1. The summed E-state index contributed by atoms with van der Waals surface area (Å²) in [6.45, 7) is 17.4. The Hall–Kier alpha value is -1.75. The van der Waals surface area contributed by atoms with E-state index < -0.39 is 0 Å². The van der Waals surface area contributed by atoms with Gasteiger partial charge in [-0.3, -0.25) is 4.99 Å². The third-order valence-corrected chi connectivity index (χ3v) is 6.13. The molecule has 0 N–H and O–H groups in total. The molecular weight excluding hydrogens is 346 g/mol. The first-order valence-corrected chi connectivity index (χ1v) is 10.8. The Morgan fingerprint density at radius 1 is 1.25 bits per heavy atom. The van der Waals surface area contributed by atoms with Crippen LogP contribution in [0.2, 0.25) is 0 Å². The van der Waals surface area contributed by atoms with E-state index in [4.69, 9.17) is 0 Å². The number of allylic oxidation sites excluding steroid dienone is 2. The molecule has 1 atom stereocenters. The van der Waals surface area contributed by atoms with E-state index in [1.54, 1.807) is 0 Å². The molecule has 2 aliphatic rings. The van der Waals surface area contributed by atoms with Crippen molar-refractivity contribution in [3.63, 3.8) is 0 Å². The standard InChI is InChI=1S/C23H41N5/c1-9-24-17-26(8)22-16-27(10-2)23(19(4)15-18(22)3)20(5)28-13-11-21(12-14-28)25(6)7/h16-18,21H,5,9-15H2,1-4,6-8H3/t18-/m1/s1. The van der Waals surface area contributed by atoms with E-state index in [9.17, 15) is 0 Å². The zero-order valence-electron chi connectivity index (χ0n) is 19.2. The second-order valence-electron chi connectivity index (χ2n) is 8.43. The molecule has 2 rings (SSSR count). The number of rotatable bonds is 7. The summed E-state index contributed by atoms with van der Waals surface area (Å²) in [6, 6.07) is 0.688. The maximum absolute atomic E-state index is 4.55. The highest BCUT2D eigenvalue weighted by atomic mass is 15.2. The van der Waals surface area contributed by atoms with Crippen LogP contribution in [-0.2, 0) is 0 Å². The Bertz CT molecular complexity index is 623. The molecule has 2 heterocycles. The maximum Gasteiger partial charge on any atom is 0.0889 e. The van der Waals surface area contributed by atoms with Crippen molar-refractivity contribution < 1.29 is 0 Å². The van der Waals surface area contributed by atoms with Crippen molar-refractivity contribution in [3.8, 4) is 0 Å². The van der Waals surface area contributed by atoms with Gasteiger partial charge < -0.3 is 19.6 Å². The SMILES string of the molecule is C=C(C1=C(C)C[C@@H](C)C(N(C)C=NCC)=CN1CC)N1CCC(N(C)C)CC1. The molecule has 0 saturated carbocycles. The van der Waals surface area contributed by atoms with E-state index in [0.717, 1.165) is 32.6 Å². The van der Waals surface area contributed by atoms with Gasteiger partial charge in [-0.25, -0.2) is 0 Å². The van der Waals surface area contributed by atoms with Crippen molar-refractivity contribution in [1.82, 2.24) is 19.6 Å². The zero-order chi connectivity index (χ0) is 20.8. The third kappa shape index (κ3) is 5.19. The molecule has 0 amide bonds. The van der Waals surface area contributed by atoms with Crippen LogP contribution in [0.15, 0.2) is 40.4 Å². The number of nitrogens with zero attached hydrogens (tertiary/aromatic N) is 5. The number of hydrogen-bond donors (Lipinski definition) is 0. The Balaban J connectivity index is 2.24. The third-order valence-electron chi connectivity index (χ3n) is 6.13. The van der Waals surface area contributed by atoms with Gasteiger partial charge in [0.05, 0.1) is 17.7 Å². The molecule has 0 aromatic carbocycles. The summed E-state index contributed by atoms with van der Waals surface area (Å²) in [4.78, 5) is 13.9. The molecule has 2 aliphatic heterocycles. The van der Waals surface area contributed by atoms with E-state index in [-0.39, 0.29) is 0 Å². The van der Waals surface area contributed by atoms with E-state index in [1.807, 2.05) is 6.34 Å². The van der Waals surface area contributed by atoms with Crippen molar-refractivity contribution in [1.29, 1.82) is 0 Å². The molecule has 0 aromatic heterocycles. The first kappa shape index (κ1) is 22.5. The van der Waals surface area contributed by atoms with Crippen LogP contribution in [0.3, 0.4) is 0 Å². The van der Waals surface area contributed by atoms with Crippen molar-refractivity contribution in [2.45, 2.75) is 53.0 Å². The molecule has 0 bridgehead atoms. The molecule has 0 spiro atoms. The van der Waals surface area contributed by atoms with Gasteiger partial charge in [-0.05, 0) is 59.7 Å². The van der Waals surface area contributed by atoms with Gasteiger partial charge >= 0.3 is 0 Å². The van der Waals surface area contributed by atoms with Gasteiger partial charge in [0.2, 0.25) is 0 Å². The number of likely N-dealkylation sites (N-methyl/N-ethyl adjacent to an activating group) is 1. The molecule has 5 heteroatoms. The summed E-state index contributed by atoms with van der Waals surface area (Å²) < 4.78 is 0. The molecule has 28 heavy (non-hydrogen) atoms. The van der Waals surface area contributed by atoms with Crippen molar-refractivity contribution in [2.75, 3.05) is 47.3 Å². The highest BCUT2D eigenvalue weighted by Crippen LogP contribution is 2.34. The summed E-state index contributed by atoms with van der Waals surface area (Å²) in [5.41, 5.74) is 5.24. The van der Waals surface area contributed by atoms with Crippen LogP contribution in [-0.4, -0.2) is 79.3 Å². The minimum atomic E-state index is 0.451. The van der Waals surface area contributed by atoms with Crippen LogP contribution in [0.5, 0.6) is 0 Å². The lowest BCUT2D eigenvalue weighted by Gasteiger charge is -2.39. The fourth-order valence-electron chi connectivity index (χ4n) is 4.43. The average molecular weight is 388 g/mol. The maximum atomic E-state index is 4.55. The van der Waals surface area contributed by atoms with E-state index in [2.05, 4.69) is 86.2 Å². The summed E-state index contributed by atoms with van der Waals surface area (Å²) in [5, 5.41) is 0. The first-order valence-electron chi connectivity index (χ1n) is 10.8. The van der Waals surface area contributed by atoms with Crippen molar-refractivity contribution >= 4 is 6.34 Å². The molecule has 1 saturated heterocycles. The van der Waals surface area contributed by atoms with Gasteiger partial charge in [0.15, 0.2) is 0 Å². The van der Waals surface area contributed by atoms with Crippen LogP contribution < -0.4 is 0 Å². The van der Waals surface area contributed by atoms with Crippen LogP contribution in [0.4, 0.5) is 0 Å². The normalized spacial score (nSPS) is 22.1. The second-order valence-corrected chi connectivity index (χ2v) is 8.43. The summed E-state index contributed by atoms with van der Waals surface area (Å²) in [7, 11) is 6.49. The highest BCUT2D eigenvalue weighted by Gasteiger charge is 2.28. The van der Waals surface area contributed by atoms with Gasteiger partial charge in [-0.1, -0.05) is 13.5 Å². The molecule has 0 unspecified atom stereocenters. The van der Waals surface area contributed by atoms with Crippen LogP contribution in [0.25, 0.3) is 0 Å². The summed E-state index contributed by atoms with van der Waals surface area (Å²) >= 11 is 0. The second kappa shape index (κ2) is 10.1. The Kier molecular flexibility index (Phi) is 8.17. The highest BCUT2D eigenvalue weighted by molar-refractivity contribution is 5.58. The quantitative estimate of drug-likeness (QED) is 0.487. The Labute approximate surface area is 173 Å². The van der Waals surface area contributed by atoms with E-state index in [0.29, 0.717) is 12.0 Å². The monoisotopic (exact) mass is 387 g/mol. The van der Waals surface area contributed by atoms with Gasteiger partial charge in [0.25, 0.3) is 0 Å². The topological polar surface area (TPSA) is 25.3 Å². The van der Waals surface area contributed by atoms with Crippen molar-refractivity contribution in [3.05, 3.63) is 35.4 Å². The molecular formula is C23H41N5. The zero-order valence-corrected chi connectivity index (χ0v) is 19.2. The average Bonchev–Trinajstić information content (AvgIpc) is 2.80. The van der Waals surface area contributed by atoms with E-state index in [1.165, 1.54) is 35.5 Å². The minimum absolute atomic E-state index is 0.451. The Morgan fingerprint density at radius 3 is 2.43 bits per heavy atom. The van der Waals surface area contributed by atoms with Crippen LogP contribution in [0, 0.1) is 5.92 Å². The number of hydrogen-bond acceptors (Lipinski definition) is 4. The predicted molar refractivity (Wildman–Crippen MR) is 121 cm³/mol. The van der Waals surface area contributed by atoms with E-state index >= 15 is 0 Å². The largest absolute Gasteiger partial charge is 0.370 e. The molecule has 0 aromatic rings. The van der Waals surface area contributed by atoms with Crippen LogP contribution in [0.1, 0.15) is 47.0 Å². The fraction of sp³-hybridized carbons (Fsp3) is 0.696. The van der Waals surface area contributed by atoms with Gasteiger partial charge in [-0.2, -0.15) is 0 Å². The lowest BCUT2D eigenvalue weighted by Crippen LogP contribution is -2.42.